The highest BCUT2D eigenvalue weighted by atomic mass is 32.2. The fourth-order valence-corrected chi connectivity index (χ4v) is 3.06. The summed E-state index contributed by atoms with van der Waals surface area (Å²) in [5.74, 6) is 0.217. The Hall–Kier alpha value is -2.32. The molecule has 0 saturated heterocycles. The fraction of sp³-hybridized carbons (Fsp3) is 0.267. The molecule has 7 nitrogen and oxygen atoms in total. The Morgan fingerprint density at radius 3 is 2.78 bits per heavy atom. The lowest BCUT2D eigenvalue weighted by atomic mass is 10.0. The lowest BCUT2D eigenvalue weighted by Crippen LogP contribution is -2.32. The minimum absolute atomic E-state index is 0.0530. The number of nitrogens with one attached hydrogen (secondary N) is 2. The van der Waals surface area contributed by atoms with Crippen LogP contribution in [0.5, 0.6) is 5.75 Å². The molecule has 2 heterocycles. The number of hydrogen-bond acceptors (Lipinski definition) is 5. The number of carbonyl (C=O) groups is 1. The Bertz CT molecular complexity index is 828. The summed E-state index contributed by atoms with van der Waals surface area (Å²) < 4.78 is 36.1. The molecule has 0 aliphatic carbocycles. The maximum Gasteiger partial charge on any atom is 0.287 e. The molecule has 3 rings (SSSR count). The first-order valence-electron chi connectivity index (χ1n) is 7.07. The van der Waals surface area contributed by atoms with Crippen molar-refractivity contribution in [2.24, 2.45) is 0 Å². The first kappa shape index (κ1) is 15.6. The lowest BCUT2D eigenvalue weighted by molar-refractivity contribution is 0.0891. The van der Waals surface area contributed by atoms with E-state index in [1.165, 1.54) is 19.2 Å². The van der Waals surface area contributed by atoms with Crippen LogP contribution >= 0.6 is 0 Å². The van der Waals surface area contributed by atoms with Crippen LogP contribution in [0, 0.1) is 0 Å². The van der Waals surface area contributed by atoms with E-state index in [4.69, 9.17) is 9.15 Å². The second-order valence-corrected chi connectivity index (χ2v) is 6.84. The van der Waals surface area contributed by atoms with Crippen LogP contribution < -0.4 is 14.8 Å². The van der Waals surface area contributed by atoms with Gasteiger partial charge in [-0.25, -0.2) is 13.1 Å². The van der Waals surface area contributed by atoms with E-state index in [9.17, 15) is 13.2 Å². The molecule has 1 aromatic carbocycles. The Kier molecular flexibility index (Phi) is 4.10. The highest BCUT2D eigenvalue weighted by molar-refractivity contribution is 7.89. The van der Waals surface area contributed by atoms with Crippen molar-refractivity contribution in [3.8, 4) is 5.75 Å². The molecular weight excluding hydrogens is 320 g/mol. The van der Waals surface area contributed by atoms with Crippen LogP contribution in [0.1, 0.15) is 28.6 Å². The van der Waals surface area contributed by atoms with Gasteiger partial charge >= 0.3 is 0 Å². The van der Waals surface area contributed by atoms with Gasteiger partial charge in [0.15, 0.2) is 5.76 Å². The van der Waals surface area contributed by atoms with Crippen LogP contribution in [-0.4, -0.2) is 28.0 Å². The topological polar surface area (TPSA) is 97.6 Å². The van der Waals surface area contributed by atoms with Gasteiger partial charge < -0.3 is 14.5 Å². The summed E-state index contributed by atoms with van der Waals surface area (Å²) in [6, 6.07) is 9.85. The van der Waals surface area contributed by atoms with Gasteiger partial charge in [-0.2, -0.15) is 0 Å². The van der Waals surface area contributed by atoms with Crippen LogP contribution in [0.25, 0.3) is 0 Å². The van der Waals surface area contributed by atoms with E-state index in [1.54, 1.807) is 0 Å². The van der Waals surface area contributed by atoms with Gasteiger partial charge in [-0.3, -0.25) is 4.79 Å². The standard InChI is InChI=1S/C15H16N2O5S/c1-16-23(19,20)14-7-6-13(22-14)15(18)17-11-8-9-21-12-5-3-2-4-10(11)12/h2-7,11,16H,8-9H2,1H3,(H,17,18)/t11-/m1/s1. The van der Waals surface area contributed by atoms with Crippen molar-refractivity contribution < 1.29 is 22.4 Å². The van der Waals surface area contributed by atoms with E-state index in [2.05, 4.69) is 10.0 Å². The predicted octanol–water partition coefficient (Wildman–Crippen LogP) is 1.44. The number of para-hydroxylation sites is 1. The first-order valence-corrected chi connectivity index (χ1v) is 8.55. The molecule has 1 aliphatic heterocycles. The molecule has 23 heavy (non-hydrogen) atoms. The zero-order chi connectivity index (χ0) is 16.4. The van der Waals surface area contributed by atoms with E-state index in [0.717, 1.165) is 11.3 Å². The number of carbonyl (C=O) groups excluding carboxylic acids is 1. The number of ether oxygens (including phenoxy) is 1. The monoisotopic (exact) mass is 336 g/mol. The van der Waals surface area contributed by atoms with Crippen LogP contribution in [0.2, 0.25) is 0 Å². The van der Waals surface area contributed by atoms with Gasteiger partial charge in [0.1, 0.15) is 5.75 Å². The normalized spacial score (nSPS) is 17.2. The van der Waals surface area contributed by atoms with Gasteiger partial charge in [0.25, 0.3) is 15.9 Å². The van der Waals surface area contributed by atoms with Gasteiger partial charge in [-0.05, 0) is 25.2 Å². The number of fused-ring (bicyclic) bond motifs is 1. The average molecular weight is 336 g/mol. The van der Waals surface area contributed by atoms with Crippen LogP contribution in [0.3, 0.4) is 0 Å². The number of amides is 1. The third-order valence-corrected chi connectivity index (χ3v) is 4.89. The number of sulfonamides is 1. The highest BCUT2D eigenvalue weighted by Crippen LogP contribution is 2.31. The molecule has 8 heteroatoms. The molecule has 0 radical (unpaired) electrons. The molecule has 0 bridgehead atoms. The number of benzene rings is 1. The van der Waals surface area contributed by atoms with Gasteiger partial charge in [0.2, 0.25) is 5.09 Å². The Morgan fingerprint density at radius 2 is 2.00 bits per heavy atom. The van der Waals surface area contributed by atoms with Crippen LogP contribution in [0.4, 0.5) is 0 Å². The van der Waals surface area contributed by atoms with Gasteiger partial charge in [0, 0.05) is 12.0 Å². The van der Waals surface area contributed by atoms with Crippen LogP contribution in [0.15, 0.2) is 45.9 Å². The quantitative estimate of drug-likeness (QED) is 0.880. The summed E-state index contributed by atoms with van der Waals surface area (Å²) in [6.45, 7) is 0.500. The molecule has 0 spiro atoms. The van der Waals surface area contributed by atoms with Crippen LogP contribution in [-0.2, 0) is 10.0 Å². The van der Waals surface area contributed by atoms with Crippen molar-refractivity contribution >= 4 is 15.9 Å². The minimum Gasteiger partial charge on any atom is -0.493 e. The van der Waals surface area contributed by atoms with Gasteiger partial charge in [-0.15, -0.1) is 0 Å². The summed E-state index contributed by atoms with van der Waals surface area (Å²) in [5.41, 5.74) is 0.890. The van der Waals surface area contributed by atoms with E-state index in [-0.39, 0.29) is 16.9 Å². The average Bonchev–Trinajstić information content (AvgIpc) is 3.06. The van der Waals surface area contributed by atoms with Crippen molar-refractivity contribution in [1.29, 1.82) is 0 Å². The molecule has 0 unspecified atom stereocenters. The molecule has 1 aromatic heterocycles. The maximum absolute atomic E-state index is 12.3. The Morgan fingerprint density at radius 1 is 1.22 bits per heavy atom. The van der Waals surface area contributed by atoms with E-state index in [1.807, 2.05) is 24.3 Å². The molecule has 0 saturated carbocycles. The summed E-state index contributed by atoms with van der Waals surface area (Å²) in [5, 5.41) is 2.55. The predicted molar refractivity (Wildman–Crippen MR) is 81.7 cm³/mol. The second kappa shape index (κ2) is 6.05. The first-order chi connectivity index (χ1) is 11.0. The minimum atomic E-state index is -3.71. The molecule has 2 aromatic rings. The van der Waals surface area contributed by atoms with E-state index in [0.29, 0.717) is 13.0 Å². The molecule has 0 fully saturated rings. The number of hydrogen-bond donors (Lipinski definition) is 2. The summed E-state index contributed by atoms with van der Waals surface area (Å²) in [6.07, 6.45) is 0.630. The third kappa shape index (κ3) is 3.08. The largest absolute Gasteiger partial charge is 0.493 e. The Balaban J connectivity index is 1.79. The lowest BCUT2D eigenvalue weighted by Gasteiger charge is -2.26. The Labute approximate surface area is 133 Å². The van der Waals surface area contributed by atoms with E-state index >= 15 is 0 Å². The highest BCUT2D eigenvalue weighted by Gasteiger charge is 2.25. The number of rotatable bonds is 4. The van der Waals surface area contributed by atoms with Crippen molar-refractivity contribution in [2.45, 2.75) is 17.6 Å². The molecular formula is C15H16N2O5S. The van der Waals surface area contributed by atoms with Gasteiger partial charge in [-0.1, -0.05) is 18.2 Å². The smallest absolute Gasteiger partial charge is 0.287 e. The molecule has 1 amide bonds. The molecule has 122 valence electrons. The van der Waals surface area contributed by atoms with Crippen molar-refractivity contribution in [2.75, 3.05) is 13.7 Å². The second-order valence-electron chi connectivity index (χ2n) is 5.03. The maximum atomic E-state index is 12.3. The number of furan rings is 1. The van der Waals surface area contributed by atoms with Gasteiger partial charge in [0.05, 0.1) is 12.6 Å². The summed E-state index contributed by atoms with van der Waals surface area (Å²) >= 11 is 0. The van der Waals surface area contributed by atoms with Crippen molar-refractivity contribution in [3.05, 3.63) is 47.7 Å². The van der Waals surface area contributed by atoms with E-state index < -0.39 is 15.9 Å². The zero-order valence-electron chi connectivity index (χ0n) is 12.4. The zero-order valence-corrected chi connectivity index (χ0v) is 13.2. The molecule has 2 N–H and O–H groups in total. The molecule has 1 aliphatic rings. The molecule has 1 atom stereocenters. The fourth-order valence-electron chi connectivity index (χ4n) is 2.41. The summed E-state index contributed by atoms with van der Waals surface area (Å²) in [4.78, 5) is 12.3. The summed E-state index contributed by atoms with van der Waals surface area (Å²) in [7, 11) is -2.43. The third-order valence-electron chi connectivity index (χ3n) is 3.60. The van der Waals surface area contributed by atoms with Crippen molar-refractivity contribution in [3.63, 3.8) is 0 Å². The van der Waals surface area contributed by atoms with Crippen molar-refractivity contribution in [1.82, 2.24) is 10.0 Å². The SMILES string of the molecule is CNS(=O)(=O)c1ccc(C(=O)N[C@@H]2CCOc3ccccc32)o1.